The molecule has 1 aliphatic rings. The average Bonchev–Trinajstić information content (AvgIpc) is 3.78. The molecule has 1 aromatic heterocycles. The third-order valence-electron chi connectivity index (χ3n) is 11.5. The maximum atomic E-state index is 2.39. The number of thiophene rings is 1. The number of nitrogens with zero attached hydrogens (tertiary/aromatic N) is 1. The summed E-state index contributed by atoms with van der Waals surface area (Å²) in [5, 5.41) is 5.10. The van der Waals surface area contributed by atoms with Crippen molar-refractivity contribution in [3.8, 4) is 22.3 Å². The van der Waals surface area contributed by atoms with Gasteiger partial charge in [0.15, 0.2) is 0 Å². The Hall–Kier alpha value is -6.74. The lowest BCUT2D eigenvalue weighted by Crippen LogP contribution is -2.28. The minimum Gasteiger partial charge on any atom is -0.310 e. The zero-order valence-corrected chi connectivity index (χ0v) is 30.9. The summed E-state index contributed by atoms with van der Waals surface area (Å²) in [6.07, 6.45) is 0. The van der Waals surface area contributed by atoms with Crippen LogP contribution in [0.5, 0.6) is 0 Å². The van der Waals surface area contributed by atoms with E-state index in [1.807, 2.05) is 11.3 Å². The largest absolute Gasteiger partial charge is 0.310 e. The van der Waals surface area contributed by atoms with E-state index in [2.05, 4.69) is 217 Å². The van der Waals surface area contributed by atoms with Crippen LogP contribution in [-0.2, 0) is 5.41 Å². The highest BCUT2D eigenvalue weighted by atomic mass is 32.1. The fourth-order valence-electron chi connectivity index (χ4n) is 9.04. The van der Waals surface area contributed by atoms with Crippen molar-refractivity contribution in [3.05, 3.63) is 235 Å². The highest BCUT2D eigenvalue weighted by molar-refractivity contribution is 7.25. The average molecular weight is 718 g/mol. The first-order chi connectivity index (χ1) is 27.3. The lowest BCUT2D eigenvalue weighted by Gasteiger charge is -2.34. The van der Waals surface area contributed by atoms with Gasteiger partial charge in [0.05, 0.1) is 5.41 Å². The molecule has 55 heavy (non-hydrogen) atoms. The van der Waals surface area contributed by atoms with E-state index in [0.29, 0.717) is 0 Å². The van der Waals surface area contributed by atoms with E-state index in [0.717, 1.165) is 17.1 Å². The Bertz CT molecular complexity index is 2980. The topological polar surface area (TPSA) is 3.24 Å². The Labute approximate surface area is 325 Å². The molecule has 0 radical (unpaired) electrons. The van der Waals surface area contributed by atoms with Crippen LogP contribution in [0.2, 0.25) is 0 Å². The van der Waals surface area contributed by atoms with Crippen LogP contribution in [0.1, 0.15) is 22.3 Å². The molecule has 0 spiro atoms. The van der Waals surface area contributed by atoms with E-state index in [1.54, 1.807) is 0 Å². The van der Waals surface area contributed by atoms with Crippen molar-refractivity contribution in [3.63, 3.8) is 0 Å². The SMILES string of the molecule is c1ccc(C2(c3ccc(N(c4ccc(-c5ccc6sc7ccccc7c6c5)cc4)c4ccc5ccccc5c4)cc3)c3ccccc3-c3ccccc32)cc1. The van der Waals surface area contributed by atoms with Crippen molar-refractivity contribution in [1.82, 2.24) is 0 Å². The Balaban J connectivity index is 1.05. The van der Waals surface area contributed by atoms with Gasteiger partial charge in [0.1, 0.15) is 0 Å². The van der Waals surface area contributed by atoms with Gasteiger partial charge >= 0.3 is 0 Å². The summed E-state index contributed by atoms with van der Waals surface area (Å²) < 4.78 is 2.66. The van der Waals surface area contributed by atoms with E-state index >= 15 is 0 Å². The summed E-state index contributed by atoms with van der Waals surface area (Å²) in [7, 11) is 0. The second-order valence-electron chi connectivity index (χ2n) is 14.5. The molecule has 1 heterocycles. The van der Waals surface area contributed by atoms with E-state index in [4.69, 9.17) is 0 Å². The molecule has 0 N–H and O–H groups in total. The fourth-order valence-corrected chi connectivity index (χ4v) is 10.1. The van der Waals surface area contributed by atoms with Crippen LogP contribution in [-0.4, -0.2) is 0 Å². The van der Waals surface area contributed by atoms with Crippen molar-refractivity contribution in [2.75, 3.05) is 4.90 Å². The number of benzene rings is 9. The van der Waals surface area contributed by atoms with Gasteiger partial charge in [-0.2, -0.15) is 0 Å². The van der Waals surface area contributed by atoms with E-state index in [9.17, 15) is 0 Å². The Morgan fingerprint density at radius 2 is 0.891 bits per heavy atom. The summed E-state index contributed by atoms with van der Waals surface area (Å²) >= 11 is 1.86. The van der Waals surface area contributed by atoms with Gasteiger partial charge in [-0.05, 0) is 110 Å². The van der Waals surface area contributed by atoms with Crippen molar-refractivity contribution < 1.29 is 0 Å². The van der Waals surface area contributed by atoms with E-state index < -0.39 is 5.41 Å². The minimum absolute atomic E-state index is 0.433. The molecule has 10 aromatic rings. The maximum absolute atomic E-state index is 2.39. The van der Waals surface area contributed by atoms with Crippen molar-refractivity contribution in [1.29, 1.82) is 0 Å². The normalized spacial score (nSPS) is 12.9. The number of fused-ring (bicyclic) bond motifs is 7. The summed E-state index contributed by atoms with van der Waals surface area (Å²) in [5.74, 6) is 0. The Morgan fingerprint density at radius 1 is 0.345 bits per heavy atom. The second-order valence-corrected chi connectivity index (χ2v) is 15.6. The summed E-state index contributed by atoms with van der Waals surface area (Å²) in [6.45, 7) is 0. The lowest BCUT2D eigenvalue weighted by molar-refractivity contribution is 0.768. The van der Waals surface area contributed by atoms with Crippen molar-refractivity contribution in [2.45, 2.75) is 5.41 Å². The third-order valence-corrected chi connectivity index (χ3v) is 12.7. The molecule has 0 aliphatic heterocycles. The second kappa shape index (κ2) is 12.7. The monoisotopic (exact) mass is 717 g/mol. The van der Waals surface area contributed by atoms with Crippen molar-refractivity contribution >= 4 is 59.3 Å². The molecule has 0 unspecified atom stereocenters. The first kappa shape index (κ1) is 31.8. The smallest absolute Gasteiger partial charge is 0.0713 e. The molecule has 1 nitrogen and oxygen atoms in total. The van der Waals surface area contributed by atoms with Crippen LogP contribution in [0.15, 0.2) is 212 Å². The van der Waals surface area contributed by atoms with Gasteiger partial charge < -0.3 is 4.90 Å². The molecular formula is C53H35NS. The predicted molar refractivity (Wildman–Crippen MR) is 234 cm³/mol. The molecular weight excluding hydrogens is 683 g/mol. The molecule has 1 aliphatic carbocycles. The molecule has 11 rings (SSSR count). The van der Waals surface area contributed by atoms with Gasteiger partial charge in [0.25, 0.3) is 0 Å². The summed E-state index contributed by atoms with van der Waals surface area (Å²) in [6, 6.07) is 78.3. The van der Waals surface area contributed by atoms with Gasteiger partial charge in [0, 0.05) is 37.2 Å². The van der Waals surface area contributed by atoms with Gasteiger partial charge in [0.2, 0.25) is 0 Å². The number of hydrogen-bond donors (Lipinski definition) is 0. The van der Waals surface area contributed by atoms with Crippen LogP contribution in [0.3, 0.4) is 0 Å². The first-order valence-electron chi connectivity index (χ1n) is 18.9. The maximum Gasteiger partial charge on any atom is 0.0713 e. The van der Waals surface area contributed by atoms with Crippen LogP contribution in [0, 0.1) is 0 Å². The number of hydrogen-bond acceptors (Lipinski definition) is 2. The number of anilines is 3. The summed E-state index contributed by atoms with van der Waals surface area (Å²) in [4.78, 5) is 2.39. The van der Waals surface area contributed by atoms with Gasteiger partial charge in [-0.1, -0.05) is 158 Å². The highest BCUT2D eigenvalue weighted by Crippen LogP contribution is 2.56. The standard InChI is InChI=1S/C53H35NS/c1-2-14-40(15-3-1)53(49-19-9-6-16-45(49)46-17-7-10-20-50(46)53)41-26-31-43(32-27-41)54(44-30-24-36-12-4-5-13-38(36)34-44)42-28-22-37(23-29-42)39-25-33-52-48(35-39)47-18-8-11-21-51(47)55-52/h1-35H. The molecule has 258 valence electrons. The fraction of sp³-hybridized carbons (Fsp3) is 0.0189. The van der Waals surface area contributed by atoms with Crippen LogP contribution in [0.25, 0.3) is 53.2 Å². The first-order valence-corrected chi connectivity index (χ1v) is 19.7. The van der Waals surface area contributed by atoms with Gasteiger partial charge in [-0.15, -0.1) is 11.3 Å². The lowest BCUT2D eigenvalue weighted by atomic mass is 9.68. The minimum atomic E-state index is -0.433. The van der Waals surface area contributed by atoms with Gasteiger partial charge in [-0.3, -0.25) is 0 Å². The molecule has 0 atom stereocenters. The Kier molecular flexibility index (Phi) is 7.33. The predicted octanol–water partition coefficient (Wildman–Crippen LogP) is 14.7. The van der Waals surface area contributed by atoms with Crippen LogP contribution >= 0.6 is 11.3 Å². The van der Waals surface area contributed by atoms with E-state index in [-0.39, 0.29) is 0 Å². The zero-order valence-electron chi connectivity index (χ0n) is 30.1. The molecule has 2 heteroatoms. The Morgan fingerprint density at radius 3 is 1.64 bits per heavy atom. The molecule has 0 amide bonds. The third kappa shape index (κ3) is 4.99. The quantitative estimate of drug-likeness (QED) is 0.166. The molecule has 0 saturated carbocycles. The highest BCUT2D eigenvalue weighted by Gasteiger charge is 2.45. The zero-order chi connectivity index (χ0) is 36.3. The van der Waals surface area contributed by atoms with Crippen LogP contribution in [0.4, 0.5) is 17.1 Å². The van der Waals surface area contributed by atoms with Gasteiger partial charge in [-0.25, -0.2) is 0 Å². The summed E-state index contributed by atoms with van der Waals surface area (Å²) in [5.41, 5.74) is 13.1. The molecule has 0 saturated heterocycles. The molecule has 0 bridgehead atoms. The van der Waals surface area contributed by atoms with Crippen LogP contribution < -0.4 is 4.90 Å². The number of rotatable bonds is 6. The van der Waals surface area contributed by atoms with Crippen molar-refractivity contribution in [2.24, 2.45) is 0 Å². The van der Waals surface area contributed by atoms with E-state index in [1.165, 1.54) is 75.5 Å². The molecule has 9 aromatic carbocycles. The molecule has 0 fully saturated rings.